The van der Waals surface area contributed by atoms with Gasteiger partial charge in [0.15, 0.2) is 5.65 Å². The lowest BCUT2D eigenvalue weighted by atomic mass is 10.3. The van der Waals surface area contributed by atoms with Crippen LogP contribution in [0.15, 0.2) is 18.5 Å². The van der Waals surface area contributed by atoms with E-state index in [9.17, 15) is 0 Å². The normalized spacial score (nSPS) is 16.4. The van der Waals surface area contributed by atoms with Crippen molar-refractivity contribution in [3.05, 3.63) is 24.0 Å². The van der Waals surface area contributed by atoms with Crippen molar-refractivity contribution >= 4 is 17.0 Å². The summed E-state index contributed by atoms with van der Waals surface area (Å²) in [6.07, 6.45) is 3.67. The number of hydrogen-bond acceptors (Lipinski definition) is 5. The van der Waals surface area contributed by atoms with Crippen LogP contribution in [0.2, 0.25) is 0 Å². The van der Waals surface area contributed by atoms with Gasteiger partial charge in [-0.2, -0.15) is 0 Å². The van der Waals surface area contributed by atoms with Gasteiger partial charge in [-0.3, -0.25) is 0 Å². The molecule has 1 N–H and O–H groups in total. The third kappa shape index (κ3) is 2.06. The SMILES string of the molecule is Cc1cnc2nc(N3CCNCC3)cnc2c1. The third-order valence-electron chi connectivity index (χ3n) is 2.96. The van der Waals surface area contributed by atoms with E-state index >= 15 is 0 Å². The molecular weight excluding hydrogens is 214 g/mol. The molecule has 2 aromatic heterocycles. The molecule has 88 valence electrons. The summed E-state index contributed by atoms with van der Waals surface area (Å²) < 4.78 is 0. The maximum Gasteiger partial charge on any atom is 0.180 e. The molecule has 1 fully saturated rings. The number of nitrogens with zero attached hydrogens (tertiary/aromatic N) is 4. The molecule has 0 saturated carbocycles. The lowest BCUT2D eigenvalue weighted by Crippen LogP contribution is -2.43. The van der Waals surface area contributed by atoms with Crippen LogP contribution in [-0.4, -0.2) is 41.1 Å². The fourth-order valence-electron chi connectivity index (χ4n) is 2.04. The summed E-state index contributed by atoms with van der Waals surface area (Å²) in [5, 5.41) is 3.32. The first-order valence-corrected chi connectivity index (χ1v) is 5.88. The number of piperazine rings is 1. The van der Waals surface area contributed by atoms with Gasteiger partial charge in [0.05, 0.1) is 6.20 Å². The molecule has 0 atom stereocenters. The van der Waals surface area contributed by atoms with E-state index in [1.807, 2.05) is 25.4 Å². The Morgan fingerprint density at radius 3 is 2.82 bits per heavy atom. The predicted octanol–water partition coefficient (Wildman–Crippen LogP) is 0.743. The van der Waals surface area contributed by atoms with Gasteiger partial charge in [0.2, 0.25) is 0 Å². The Kier molecular flexibility index (Phi) is 2.60. The lowest BCUT2D eigenvalue weighted by Gasteiger charge is -2.28. The Labute approximate surface area is 99.9 Å². The Morgan fingerprint density at radius 2 is 2.00 bits per heavy atom. The van der Waals surface area contributed by atoms with Gasteiger partial charge in [0.1, 0.15) is 11.3 Å². The average molecular weight is 229 g/mol. The molecule has 1 saturated heterocycles. The number of aryl methyl sites for hydroxylation is 1. The molecule has 0 aromatic carbocycles. The van der Waals surface area contributed by atoms with Crippen LogP contribution in [0.5, 0.6) is 0 Å². The minimum Gasteiger partial charge on any atom is -0.353 e. The molecule has 0 spiro atoms. The van der Waals surface area contributed by atoms with Gasteiger partial charge >= 0.3 is 0 Å². The predicted molar refractivity (Wildman–Crippen MR) is 67.2 cm³/mol. The molecule has 1 aliphatic rings. The molecule has 5 heteroatoms. The van der Waals surface area contributed by atoms with Crippen molar-refractivity contribution in [1.29, 1.82) is 0 Å². The highest BCUT2D eigenvalue weighted by Crippen LogP contribution is 2.14. The molecule has 3 rings (SSSR count). The first-order valence-electron chi connectivity index (χ1n) is 5.88. The maximum atomic E-state index is 4.56. The first-order chi connectivity index (χ1) is 8.33. The molecule has 0 aliphatic carbocycles. The summed E-state index contributed by atoms with van der Waals surface area (Å²) >= 11 is 0. The average Bonchev–Trinajstić information content (AvgIpc) is 2.39. The molecule has 0 radical (unpaired) electrons. The monoisotopic (exact) mass is 229 g/mol. The fraction of sp³-hybridized carbons (Fsp3) is 0.417. The van der Waals surface area contributed by atoms with Crippen LogP contribution < -0.4 is 10.2 Å². The van der Waals surface area contributed by atoms with Crippen LogP contribution in [0.1, 0.15) is 5.56 Å². The Hall–Kier alpha value is -1.75. The van der Waals surface area contributed by atoms with E-state index in [2.05, 4.69) is 25.2 Å². The van der Waals surface area contributed by atoms with E-state index in [-0.39, 0.29) is 0 Å². The summed E-state index contributed by atoms with van der Waals surface area (Å²) in [5.41, 5.74) is 2.71. The van der Waals surface area contributed by atoms with Crippen molar-refractivity contribution in [3.8, 4) is 0 Å². The van der Waals surface area contributed by atoms with Crippen LogP contribution in [0.3, 0.4) is 0 Å². The molecule has 3 heterocycles. The van der Waals surface area contributed by atoms with Crippen LogP contribution >= 0.6 is 0 Å². The van der Waals surface area contributed by atoms with Gasteiger partial charge in [-0.25, -0.2) is 15.0 Å². The minimum absolute atomic E-state index is 0.728. The molecule has 5 nitrogen and oxygen atoms in total. The standard InChI is InChI=1S/C12H15N5/c1-9-6-10-12(15-7-9)16-11(8-14-10)17-4-2-13-3-5-17/h6-8,13H,2-5H2,1H3. The van der Waals surface area contributed by atoms with Crippen LogP contribution in [-0.2, 0) is 0 Å². The highest BCUT2D eigenvalue weighted by molar-refractivity contribution is 5.71. The summed E-state index contributed by atoms with van der Waals surface area (Å²) in [6, 6.07) is 2.01. The van der Waals surface area contributed by atoms with E-state index in [1.165, 1.54) is 0 Å². The van der Waals surface area contributed by atoms with Crippen molar-refractivity contribution in [2.75, 3.05) is 31.1 Å². The van der Waals surface area contributed by atoms with Crippen molar-refractivity contribution in [1.82, 2.24) is 20.3 Å². The second-order valence-corrected chi connectivity index (χ2v) is 4.32. The second-order valence-electron chi connectivity index (χ2n) is 4.32. The van der Waals surface area contributed by atoms with Gasteiger partial charge in [-0.15, -0.1) is 0 Å². The molecule has 0 unspecified atom stereocenters. The summed E-state index contributed by atoms with van der Waals surface area (Å²) in [6.45, 7) is 5.97. The zero-order valence-electron chi connectivity index (χ0n) is 9.85. The topological polar surface area (TPSA) is 53.9 Å². The zero-order valence-corrected chi connectivity index (χ0v) is 9.85. The largest absolute Gasteiger partial charge is 0.353 e. The molecule has 1 aliphatic heterocycles. The molecule has 0 amide bonds. The zero-order chi connectivity index (χ0) is 11.7. The van der Waals surface area contributed by atoms with E-state index in [0.29, 0.717) is 0 Å². The molecular formula is C12H15N5. The Morgan fingerprint density at radius 1 is 1.18 bits per heavy atom. The van der Waals surface area contributed by atoms with Gasteiger partial charge in [0.25, 0.3) is 0 Å². The fourth-order valence-corrected chi connectivity index (χ4v) is 2.04. The van der Waals surface area contributed by atoms with E-state index in [0.717, 1.165) is 48.7 Å². The number of nitrogens with one attached hydrogen (secondary N) is 1. The smallest absolute Gasteiger partial charge is 0.180 e. The van der Waals surface area contributed by atoms with Crippen LogP contribution in [0.25, 0.3) is 11.2 Å². The van der Waals surface area contributed by atoms with Crippen molar-refractivity contribution < 1.29 is 0 Å². The molecule has 0 bridgehead atoms. The number of fused-ring (bicyclic) bond motifs is 1. The lowest BCUT2D eigenvalue weighted by molar-refractivity contribution is 0.585. The Bertz CT molecular complexity index is 533. The molecule has 2 aromatic rings. The number of aromatic nitrogens is 3. The number of rotatable bonds is 1. The van der Waals surface area contributed by atoms with Crippen LogP contribution in [0.4, 0.5) is 5.82 Å². The van der Waals surface area contributed by atoms with E-state index < -0.39 is 0 Å². The number of pyridine rings is 1. The summed E-state index contributed by atoms with van der Waals surface area (Å²) in [4.78, 5) is 15.6. The minimum atomic E-state index is 0.728. The summed E-state index contributed by atoms with van der Waals surface area (Å²) in [7, 11) is 0. The van der Waals surface area contributed by atoms with Crippen molar-refractivity contribution in [3.63, 3.8) is 0 Å². The number of hydrogen-bond donors (Lipinski definition) is 1. The third-order valence-corrected chi connectivity index (χ3v) is 2.96. The van der Waals surface area contributed by atoms with Gasteiger partial charge in [-0.1, -0.05) is 0 Å². The highest BCUT2D eigenvalue weighted by atomic mass is 15.2. The highest BCUT2D eigenvalue weighted by Gasteiger charge is 2.12. The Balaban J connectivity index is 1.98. The van der Waals surface area contributed by atoms with E-state index in [4.69, 9.17) is 0 Å². The van der Waals surface area contributed by atoms with Gasteiger partial charge < -0.3 is 10.2 Å². The number of anilines is 1. The first kappa shape index (κ1) is 10.4. The van der Waals surface area contributed by atoms with Gasteiger partial charge in [-0.05, 0) is 18.6 Å². The van der Waals surface area contributed by atoms with Crippen molar-refractivity contribution in [2.45, 2.75) is 6.92 Å². The van der Waals surface area contributed by atoms with Crippen LogP contribution in [0, 0.1) is 6.92 Å². The molecule has 17 heavy (non-hydrogen) atoms. The van der Waals surface area contributed by atoms with Gasteiger partial charge in [0, 0.05) is 32.4 Å². The van der Waals surface area contributed by atoms with Crippen molar-refractivity contribution in [2.24, 2.45) is 0 Å². The quantitative estimate of drug-likeness (QED) is 0.781. The maximum absolute atomic E-state index is 4.56. The summed E-state index contributed by atoms with van der Waals surface area (Å²) in [5.74, 6) is 0.926. The second kappa shape index (κ2) is 4.25. The van der Waals surface area contributed by atoms with E-state index in [1.54, 1.807) is 0 Å².